The Morgan fingerprint density at radius 2 is 1.86 bits per heavy atom. The van der Waals surface area contributed by atoms with Gasteiger partial charge in [0.1, 0.15) is 11.9 Å². The number of carboxylic acid groups (broad SMARTS) is 1. The van der Waals surface area contributed by atoms with Crippen molar-refractivity contribution in [3.63, 3.8) is 0 Å². The normalized spacial score (nSPS) is 13.3. The molecule has 0 saturated carbocycles. The van der Waals surface area contributed by atoms with Gasteiger partial charge in [0.05, 0.1) is 7.11 Å². The number of hydrogen-bond donors (Lipinski definition) is 3. The first kappa shape index (κ1) is 24.1. The summed E-state index contributed by atoms with van der Waals surface area (Å²) in [5.41, 5.74) is 1.35. The Balaban J connectivity index is 0.00000392. The average Bonchev–Trinajstić information content (AvgIpc) is 2.64. The third-order valence-electron chi connectivity index (χ3n) is 4.11. The topological polar surface area (TPSA) is 78.8 Å². The summed E-state index contributed by atoms with van der Waals surface area (Å²) in [6.07, 6.45) is -2.45. The molecule has 2 atom stereocenters. The van der Waals surface area contributed by atoms with E-state index in [1.165, 1.54) is 7.11 Å². The first-order valence-corrected chi connectivity index (χ1v) is 8.52. The summed E-state index contributed by atoms with van der Waals surface area (Å²) in [7, 11) is 1.53. The molecule has 5 nitrogen and oxygen atoms in total. The molecule has 9 heteroatoms. The summed E-state index contributed by atoms with van der Waals surface area (Å²) in [5.74, 6) is -6.03. The van der Waals surface area contributed by atoms with Crippen molar-refractivity contribution >= 4 is 30.0 Å². The first-order valence-electron chi connectivity index (χ1n) is 8.14. The van der Waals surface area contributed by atoms with Gasteiger partial charge >= 0.3 is 11.9 Å². The van der Waals surface area contributed by atoms with E-state index in [4.69, 9.17) is 21.4 Å². The second kappa shape index (κ2) is 10.6. The maximum atomic E-state index is 13.9. The number of rotatable bonds is 9. The number of benzene rings is 2. The first-order chi connectivity index (χ1) is 12.7. The molecule has 0 saturated heterocycles. The van der Waals surface area contributed by atoms with Crippen LogP contribution in [0.4, 0.5) is 8.78 Å². The molecular formula is C19H21Cl2F2NO4. The molecule has 0 spiro atoms. The highest BCUT2D eigenvalue weighted by Gasteiger charge is 2.50. The monoisotopic (exact) mass is 435 g/mol. The molecule has 0 amide bonds. The Labute approximate surface area is 172 Å². The van der Waals surface area contributed by atoms with Gasteiger partial charge < -0.3 is 20.3 Å². The molecule has 3 N–H and O–H groups in total. The minimum atomic E-state index is -4.30. The predicted octanol–water partition coefficient (Wildman–Crippen LogP) is 3.55. The van der Waals surface area contributed by atoms with Crippen LogP contribution < -0.4 is 10.1 Å². The van der Waals surface area contributed by atoms with Gasteiger partial charge in [-0.15, -0.1) is 12.4 Å². The van der Waals surface area contributed by atoms with Gasteiger partial charge in [-0.05, 0) is 41.8 Å². The number of alkyl halides is 2. The largest absolute Gasteiger partial charge is 0.497 e. The van der Waals surface area contributed by atoms with E-state index in [1.807, 2.05) is 0 Å². The molecule has 2 aromatic rings. The van der Waals surface area contributed by atoms with E-state index in [-0.39, 0.29) is 25.4 Å². The zero-order chi connectivity index (χ0) is 20.0. The number of carboxylic acids is 1. The minimum absolute atomic E-state index is 0. The zero-order valence-electron chi connectivity index (χ0n) is 14.9. The molecule has 0 aliphatic rings. The van der Waals surface area contributed by atoms with Crippen LogP contribution in [-0.4, -0.2) is 41.4 Å². The molecule has 28 heavy (non-hydrogen) atoms. The van der Waals surface area contributed by atoms with E-state index in [9.17, 15) is 18.7 Å². The van der Waals surface area contributed by atoms with Gasteiger partial charge in [-0.3, -0.25) is 0 Å². The summed E-state index contributed by atoms with van der Waals surface area (Å²) >= 11 is 5.91. The molecule has 0 bridgehead atoms. The van der Waals surface area contributed by atoms with Crippen LogP contribution in [0.5, 0.6) is 5.75 Å². The molecule has 0 aromatic heterocycles. The van der Waals surface area contributed by atoms with Crippen molar-refractivity contribution in [3.05, 3.63) is 64.7 Å². The van der Waals surface area contributed by atoms with Crippen molar-refractivity contribution in [2.75, 3.05) is 7.11 Å². The van der Waals surface area contributed by atoms with Gasteiger partial charge in [-0.1, -0.05) is 35.9 Å². The van der Waals surface area contributed by atoms with Crippen molar-refractivity contribution < 1.29 is 28.5 Å². The number of nitrogens with one attached hydrogen (secondary N) is 1. The Morgan fingerprint density at radius 3 is 2.39 bits per heavy atom. The summed E-state index contributed by atoms with van der Waals surface area (Å²) in [6, 6.07) is 12.2. The van der Waals surface area contributed by atoms with Crippen molar-refractivity contribution in [1.82, 2.24) is 5.32 Å². The average molecular weight is 436 g/mol. The third-order valence-corrected chi connectivity index (χ3v) is 4.34. The molecule has 0 radical (unpaired) electrons. The predicted molar refractivity (Wildman–Crippen MR) is 105 cm³/mol. The number of ether oxygens (including phenoxy) is 1. The molecule has 0 fully saturated rings. The van der Waals surface area contributed by atoms with Crippen LogP contribution in [0.15, 0.2) is 48.5 Å². The minimum Gasteiger partial charge on any atom is -0.497 e. The lowest BCUT2D eigenvalue weighted by Gasteiger charge is -2.28. The van der Waals surface area contributed by atoms with Gasteiger partial charge in [-0.2, -0.15) is 8.78 Å². The van der Waals surface area contributed by atoms with Crippen LogP contribution in [0.25, 0.3) is 0 Å². The second-order valence-electron chi connectivity index (χ2n) is 6.04. The van der Waals surface area contributed by atoms with E-state index < -0.39 is 24.0 Å². The fourth-order valence-corrected chi connectivity index (χ4v) is 2.80. The molecule has 154 valence electrons. The highest BCUT2D eigenvalue weighted by Crippen LogP contribution is 2.24. The van der Waals surface area contributed by atoms with Gasteiger partial charge in [-0.25, -0.2) is 4.79 Å². The number of halogens is 4. The molecule has 0 heterocycles. The number of aliphatic carboxylic acids is 1. The maximum absolute atomic E-state index is 13.9. The molecule has 2 aromatic carbocycles. The fraction of sp³-hybridized carbons (Fsp3) is 0.316. The van der Waals surface area contributed by atoms with Crippen LogP contribution in [0.1, 0.15) is 11.1 Å². The zero-order valence-corrected chi connectivity index (χ0v) is 16.5. The second-order valence-corrected chi connectivity index (χ2v) is 6.48. The van der Waals surface area contributed by atoms with E-state index in [2.05, 4.69) is 5.32 Å². The highest BCUT2D eigenvalue weighted by molar-refractivity contribution is 6.30. The lowest BCUT2D eigenvalue weighted by atomic mass is 9.96. The van der Waals surface area contributed by atoms with Crippen LogP contribution in [0, 0.1) is 0 Å². The third kappa shape index (κ3) is 6.31. The van der Waals surface area contributed by atoms with Gasteiger partial charge in [0.25, 0.3) is 0 Å². The summed E-state index contributed by atoms with van der Waals surface area (Å²) in [4.78, 5) is 10.8. The lowest BCUT2D eigenvalue weighted by Crippen LogP contribution is -2.54. The maximum Gasteiger partial charge on any atom is 0.377 e. The Bertz CT molecular complexity index is 775. The van der Waals surface area contributed by atoms with E-state index in [0.717, 1.165) is 5.56 Å². The molecule has 2 unspecified atom stereocenters. The van der Waals surface area contributed by atoms with Crippen molar-refractivity contribution in [3.8, 4) is 5.75 Å². The van der Waals surface area contributed by atoms with E-state index in [0.29, 0.717) is 16.3 Å². The van der Waals surface area contributed by atoms with Crippen molar-refractivity contribution in [2.45, 2.75) is 31.0 Å². The number of aliphatic hydroxyl groups excluding tert-OH is 1. The molecule has 2 rings (SSSR count). The summed E-state index contributed by atoms with van der Waals surface area (Å²) in [6.45, 7) is 0.155. The Kier molecular flexibility index (Phi) is 9.10. The number of aliphatic hydroxyl groups is 1. The standard InChI is InChI=1S/C19H20ClF2NO4.ClH/c1-27-15-7-5-12(6-8-15)11-23-16(17(24)19(21,22)18(25)26)10-13-3-2-4-14(20)9-13;/h2-9,16-17,23-24H,10-11H2,1H3,(H,25,26);1H. The SMILES string of the molecule is COc1ccc(CNC(Cc2cccc(Cl)c2)C(O)C(F)(F)C(=O)O)cc1.Cl. The van der Waals surface area contributed by atoms with Crippen LogP contribution >= 0.6 is 24.0 Å². The van der Waals surface area contributed by atoms with Gasteiger partial charge in [0.2, 0.25) is 0 Å². The van der Waals surface area contributed by atoms with E-state index in [1.54, 1.807) is 48.5 Å². The van der Waals surface area contributed by atoms with Gasteiger partial charge in [0, 0.05) is 17.6 Å². The highest BCUT2D eigenvalue weighted by atomic mass is 35.5. The van der Waals surface area contributed by atoms with Gasteiger partial charge in [0.15, 0.2) is 0 Å². The van der Waals surface area contributed by atoms with Crippen molar-refractivity contribution in [1.29, 1.82) is 0 Å². The van der Waals surface area contributed by atoms with Crippen LogP contribution in [-0.2, 0) is 17.8 Å². The number of hydrogen-bond acceptors (Lipinski definition) is 4. The van der Waals surface area contributed by atoms with Crippen molar-refractivity contribution in [2.24, 2.45) is 0 Å². The summed E-state index contributed by atoms with van der Waals surface area (Å²) in [5, 5.41) is 22.0. The number of carbonyl (C=O) groups is 1. The fourth-order valence-electron chi connectivity index (χ4n) is 2.58. The van der Waals surface area contributed by atoms with E-state index >= 15 is 0 Å². The molecule has 0 aliphatic heterocycles. The van der Waals surface area contributed by atoms with Crippen LogP contribution in [0.3, 0.4) is 0 Å². The smallest absolute Gasteiger partial charge is 0.377 e. The number of methoxy groups -OCH3 is 1. The Morgan fingerprint density at radius 1 is 1.21 bits per heavy atom. The molecular weight excluding hydrogens is 415 g/mol. The molecule has 0 aliphatic carbocycles. The van der Waals surface area contributed by atoms with Crippen LogP contribution in [0.2, 0.25) is 5.02 Å². The summed E-state index contributed by atoms with van der Waals surface area (Å²) < 4.78 is 32.8. The lowest BCUT2D eigenvalue weighted by molar-refractivity contribution is -0.185. The quantitative estimate of drug-likeness (QED) is 0.561. The Hall–Kier alpha value is -1.93.